The number of thiazole rings is 1. The predicted octanol–water partition coefficient (Wildman–Crippen LogP) is 6.29. The molecule has 0 saturated carbocycles. The molecule has 0 spiro atoms. The molecule has 1 aromatic heterocycles. The molecule has 0 radical (unpaired) electrons. The van der Waals surface area contributed by atoms with E-state index >= 15 is 0 Å². The normalized spacial score (nSPS) is 11.3. The van der Waals surface area contributed by atoms with Crippen molar-refractivity contribution >= 4 is 50.5 Å². The minimum atomic E-state index is 0.553. The van der Waals surface area contributed by atoms with Gasteiger partial charge in [0.1, 0.15) is 11.1 Å². The maximum Gasteiger partial charge on any atom is 0.134 e. The summed E-state index contributed by atoms with van der Waals surface area (Å²) in [5.41, 5.74) is 3.35. The van der Waals surface area contributed by atoms with E-state index in [9.17, 15) is 5.26 Å². The third-order valence-corrected chi connectivity index (χ3v) is 4.83. The second-order valence-electron chi connectivity index (χ2n) is 4.77. The third-order valence-electron chi connectivity index (χ3n) is 3.18. The first-order valence-corrected chi connectivity index (χ1v) is 8.80. The molecule has 1 heterocycles. The molecule has 0 aliphatic rings. The van der Waals surface area contributed by atoms with Crippen LogP contribution in [0.4, 0.5) is 0 Å². The van der Waals surface area contributed by atoms with Crippen molar-refractivity contribution in [3.05, 3.63) is 74.0 Å². The van der Waals surface area contributed by atoms with Crippen LogP contribution in [0.2, 0.25) is 5.02 Å². The van der Waals surface area contributed by atoms with E-state index in [1.54, 1.807) is 0 Å². The highest BCUT2D eigenvalue weighted by Crippen LogP contribution is 2.28. The number of benzene rings is 2. The molecule has 3 rings (SSSR count). The van der Waals surface area contributed by atoms with Crippen molar-refractivity contribution in [1.29, 1.82) is 5.26 Å². The van der Waals surface area contributed by atoms with Gasteiger partial charge in [0.25, 0.3) is 0 Å². The number of nitriles is 1. The van der Waals surface area contributed by atoms with Gasteiger partial charge in [-0.2, -0.15) is 5.26 Å². The van der Waals surface area contributed by atoms with Gasteiger partial charge in [0, 0.05) is 20.4 Å². The summed E-state index contributed by atoms with van der Waals surface area (Å²) in [6, 6.07) is 17.5. The summed E-state index contributed by atoms with van der Waals surface area (Å²) in [4.78, 5) is 4.57. The van der Waals surface area contributed by atoms with Crippen LogP contribution in [0.25, 0.3) is 22.9 Å². The first kappa shape index (κ1) is 15.9. The second kappa shape index (κ2) is 7.10. The summed E-state index contributed by atoms with van der Waals surface area (Å²) in [5.74, 6) is 0. The number of halogens is 2. The van der Waals surface area contributed by atoms with Crippen molar-refractivity contribution in [1.82, 2.24) is 4.98 Å². The van der Waals surface area contributed by atoms with Crippen LogP contribution in [-0.4, -0.2) is 4.98 Å². The lowest BCUT2D eigenvalue weighted by Crippen LogP contribution is -1.83. The van der Waals surface area contributed by atoms with Gasteiger partial charge in [0.15, 0.2) is 0 Å². The Kier molecular flexibility index (Phi) is 4.92. The van der Waals surface area contributed by atoms with Gasteiger partial charge in [-0.1, -0.05) is 51.8 Å². The third kappa shape index (κ3) is 3.89. The molecule has 2 aromatic carbocycles. The molecule has 112 valence electrons. The minimum Gasteiger partial charge on any atom is -0.235 e. The van der Waals surface area contributed by atoms with Crippen molar-refractivity contribution in [3.63, 3.8) is 0 Å². The zero-order chi connectivity index (χ0) is 16.2. The van der Waals surface area contributed by atoms with Crippen LogP contribution in [0.15, 0.2) is 58.4 Å². The van der Waals surface area contributed by atoms with Crippen LogP contribution in [-0.2, 0) is 0 Å². The first-order chi connectivity index (χ1) is 11.2. The minimum absolute atomic E-state index is 0.553. The van der Waals surface area contributed by atoms with Crippen molar-refractivity contribution in [2.45, 2.75) is 0 Å². The van der Waals surface area contributed by atoms with Crippen molar-refractivity contribution in [3.8, 4) is 17.3 Å². The predicted molar refractivity (Wildman–Crippen MR) is 100 cm³/mol. The van der Waals surface area contributed by atoms with Crippen molar-refractivity contribution in [2.24, 2.45) is 0 Å². The van der Waals surface area contributed by atoms with Crippen LogP contribution in [0.5, 0.6) is 0 Å². The lowest BCUT2D eigenvalue weighted by Gasteiger charge is -1.97. The molecule has 23 heavy (non-hydrogen) atoms. The van der Waals surface area contributed by atoms with E-state index in [0.717, 1.165) is 21.3 Å². The van der Waals surface area contributed by atoms with Gasteiger partial charge in [0.2, 0.25) is 0 Å². The molecule has 0 atom stereocenters. The Labute approximate surface area is 151 Å². The van der Waals surface area contributed by atoms with Gasteiger partial charge in [-0.05, 0) is 35.9 Å². The fourth-order valence-corrected chi connectivity index (χ4v) is 3.20. The van der Waals surface area contributed by atoms with Gasteiger partial charge in [-0.15, -0.1) is 11.3 Å². The molecule has 0 amide bonds. The highest BCUT2D eigenvalue weighted by atomic mass is 79.9. The second-order valence-corrected chi connectivity index (χ2v) is 6.98. The monoisotopic (exact) mass is 400 g/mol. The smallest absolute Gasteiger partial charge is 0.134 e. The lowest BCUT2D eigenvalue weighted by molar-refractivity contribution is 1.37. The zero-order valence-corrected chi connectivity index (χ0v) is 15.0. The molecule has 0 N–H and O–H groups in total. The number of nitrogens with zero attached hydrogens (tertiary/aromatic N) is 2. The number of aromatic nitrogens is 1. The Morgan fingerprint density at radius 1 is 1.13 bits per heavy atom. The standard InChI is InChI=1S/C18H10BrClN2S/c19-15-5-1-12(2-6-15)9-14(10-21)18-22-17(11-23-18)13-3-7-16(20)8-4-13/h1-9,11H/b14-9-. The van der Waals surface area contributed by atoms with Gasteiger partial charge in [0.05, 0.1) is 11.3 Å². The Balaban J connectivity index is 1.92. The Morgan fingerprint density at radius 3 is 2.48 bits per heavy atom. The largest absolute Gasteiger partial charge is 0.235 e. The molecule has 0 fully saturated rings. The van der Waals surface area contributed by atoms with Gasteiger partial charge >= 0.3 is 0 Å². The zero-order valence-electron chi connectivity index (χ0n) is 11.8. The SMILES string of the molecule is N#C/C(=C/c1ccc(Br)cc1)c1nc(-c2ccc(Cl)cc2)cs1. The van der Waals surface area contributed by atoms with E-state index < -0.39 is 0 Å². The summed E-state index contributed by atoms with van der Waals surface area (Å²) in [6.45, 7) is 0. The van der Waals surface area contributed by atoms with Crippen molar-refractivity contribution < 1.29 is 0 Å². The average Bonchev–Trinajstić information content (AvgIpc) is 3.05. The van der Waals surface area contributed by atoms with Crippen LogP contribution in [0.3, 0.4) is 0 Å². The molecule has 5 heteroatoms. The van der Waals surface area contributed by atoms with E-state index in [2.05, 4.69) is 27.0 Å². The molecule has 0 bridgehead atoms. The quantitative estimate of drug-likeness (QED) is 0.483. The summed E-state index contributed by atoms with van der Waals surface area (Å²) >= 11 is 10.8. The van der Waals surface area contributed by atoms with Crippen LogP contribution < -0.4 is 0 Å². The van der Waals surface area contributed by atoms with E-state index in [4.69, 9.17) is 11.6 Å². The van der Waals surface area contributed by atoms with Crippen molar-refractivity contribution in [2.75, 3.05) is 0 Å². The number of hydrogen-bond donors (Lipinski definition) is 0. The fraction of sp³-hybridized carbons (Fsp3) is 0. The summed E-state index contributed by atoms with van der Waals surface area (Å²) in [5, 5.41) is 12.8. The number of allylic oxidation sites excluding steroid dienone is 1. The molecule has 2 nitrogen and oxygen atoms in total. The van der Waals surface area contributed by atoms with E-state index in [1.807, 2.05) is 60.0 Å². The summed E-state index contributed by atoms with van der Waals surface area (Å²) in [6.07, 6.45) is 1.84. The van der Waals surface area contributed by atoms with E-state index in [-0.39, 0.29) is 0 Å². The maximum absolute atomic E-state index is 9.43. The Morgan fingerprint density at radius 2 is 1.83 bits per heavy atom. The topological polar surface area (TPSA) is 36.7 Å². The molecule has 0 saturated heterocycles. The molecular formula is C18H10BrClN2S. The summed E-state index contributed by atoms with van der Waals surface area (Å²) in [7, 11) is 0. The van der Waals surface area contributed by atoms with Crippen LogP contribution in [0.1, 0.15) is 10.6 Å². The number of rotatable bonds is 3. The first-order valence-electron chi connectivity index (χ1n) is 6.75. The van der Waals surface area contributed by atoms with Gasteiger partial charge in [-0.25, -0.2) is 4.98 Å². The lowest BCUT2D eigenvalue weighted by atomic mass is 10.1. The van der Waals surface area contributed by atoms with Gasteiger partial charge in [-0.3, -0.25) is 0 Å². The van der Waals surface area contributed by atoms with Crippen LogP contribution >= 0.6 is 38.9 Å². The van der Waals surface area contributed by atoms with Gasteiger partial charge < -0.3 is 0 Å². The maximum atomic E-state index is 9.43. The molecule has 0 aliphatic carbocycles. The Hall–Kier alpha value is -1.93. The highest BCUT2D eigenvalue weighted by Gasteiger charge is 2.09. The number of hydrogen-bond acceptors (Lipinski definition) is 3. The molecular weight excluding hydrogens is 392 g/mol. The highest BCUT2D eigenvalue weighted by molar-refractivity contribution is 9.10. The average molecular weight is 402 g/mol. The van der Waals surface area contributed by atoms with E-state index in [0.29, 0.717) is 15.6 Å². The summed E-state index contributed by atoms with van der Waals surface area (Å²) < 4.78 is 1.01. The van der Waals surface area contributed by atoms with Crippen LogP contribution in [0, 0.1) is 11.3 Å². The fourth-order valence-electron chi connectivity index (χ4n) is 2.02. The molecule has 0 aliphatic heterocycles. The molecule has 0 unspecified atom stereocenters. The Bertz CT molecular complexity index is 890. The molecule has 3 aromatic rings. The van der Waals surface area contributed by atoms with E-state index in [1.165, 1.54) is 11.3 Å².